The first-order chi connectivity index (χ1) is 11.5. The second kappa shape index (κ2) is 7.35. The summed E-state index contributed by atoms with van der Waals surface area (Å²) in [5.41, 5.74) is 1.18. The summed E-state index contributed by atoms with van der Waals surface area (Å²) >= 11 is 0. The summed E-state index contributed by atoms with van der Waals surface area (Å²) in [7, 11) is -3.68. The fourth-order valence-corrected chi connectivity index (χ4v) is 4.26. The molecule has 6 heteroatoms. The summed E-state index contributed by atoms with van der Waals surface area (Å²) in [5.74, 6) is -0.704. The SMILES string of the molecule is CC1=CC=C(S(=O)(=O)OCCC2([C@@H]3C=CC=CC3)OCCO2)CC1. The lowest BCUT2D eigenvalue weighted by Crippen LogP contribution is -2.40. The zero-order valence-corrected chi connectivity index (χ0v) is 14.8. The Morgan fingerprint density at radius 1 is 1.21 bits per heavy atom. The fraction of sp³-hybridized carbons (Fsp3) is 0.556. The summed E-state index contributed by atoms with van der Waals surface area (Å²) in [6, 6.07) is 0. The molecule has 132 valence electrons. The molecule has 0 aromatic rings. The molecule has 1 fully saturated rings. The van der Waals surface area contributed by atoms with Crippen molar-refractivity contribution < 1.29 is 22.1 Å². The quantitative estimate of drug-likeness (QED) is 0.687. The second-order valence-electron chi connectivity index (χ2n) is 6.34. The lowest BCUT2D eigenvalue weighted by atomic mass is 9.89. The van der Waals surface area contributed by atoms with E-state index < -0.39 is 15.9 Å². The first kappa shape index (κ1) is 17.6. The molecule has 5 nitrogen and oxygen atoms in total. The Morgan fingerprint density at radius 2 is 2.00 bits per heavy atom. The highest BCUT2D eigenvalue weighted by molar-refractivity contribution is 7.90. The average Bonchev–Trinajstić information content (AvgIpc) is 3.06. The van der Waals surface area contributed by atoms with Crippen LogP contribution in [0.4, 0.5) is 0 Å². The van der Waals surface area contributed by atoms with Gasteiger partial charge < -0.3 is 9.47 Å². The van der Waals surface area contributed by atoms with Crippen LogP contribution >= 0.6 is 0 Å². The smallest absolute Gasteiger partial charge is 0.293 e. The summed E-state index contributed by atoms with van der Waals surface area (Å²) in [6.45, 7) is 3.09. The van der Waals surface area contributed by atoms with E-state index in [1.807, 2.05) is 25.2 Å². The van der Waals surface area contributed by atoms with Crippen molar-refractivity contribution in [3.63, 3.8) is 0 Å². The molecule has 0 saturated carbocycles. The van der Waals surface area contributed by atoms with Gasteiger partial charge in [-0.3, -0.25) is 4.18 Å². The molecule has 0 aromatic heterocycles. The van der Waals surface area contributed by atoms with E-state index in [2.05, 4.69) is 12.2 Å². The number of hydrogen-bond acceptors (Lipinski definition) is 5. The minimum Gasteiger partial charge on any atom is -0.347 e. The molecular formula is C18H24O5S. The molecule has 1 saturated heterocycles. The van der Waals surface area contributed by atoms with Crippen molar-refractivity contribution in [2.45, 2.75) is 38.4 Å². The van der Waals surface area contributed by atoms with Crippen molar-refractivity contribution >= 4 is 10.1 Å². The Bertz CT molecular complexity index is 678. The highest BCUT2D eigenvalue weighted by atomic mass is 32.2. The zero-order chi connectivity index (χ0) is 17.0. The monoisotopic (exact) mass is 352 g/mol. The van der Waals surface area contributed by atoms with E-state index in [0.29, 0.717) is 31.0 Å². The molecule has 0 unspecified atom stereocenters. The van der Waals surface area contributed by atoms with Crippen molar-refractivity contribution in [1.82, 2.24) is 0 Å². The first-order valence-corrected chi connectivity index (χ1v) is 9.80. The molecule has 0 aromatic carbocycles. The maximum atomic E-state index is 12.3. The maximum absolute atomic E-state index is 12.3. The van der Waals surface area contributed by atoms with Gasteiger partial charge in [0.25, 0.3) is 10.1 Å². The summed E-state index contributed by atoms with van der Waals surface area (Å²) in [4.78, 5) is 0.343. The Balaban J connectivity index is 1.61. The number of allylic oxidation sites excluding steroid dienone is 7. The topological polar surface area (TPSA) is 61.8 Å². The van der Waals surface area contributed by atoms with Crippen molar-refractivity contribution in [2.24, 2.45) is 5.92 Å². The van der Waals surface area contributed by atoms with Crippen LogP contribution in [-0.2, 0) is 23.8 Å². The van der Waals surface area contributed by atoms with Crippen molar-refractivity contribution in [2.75, 3.05) is 19.8 Å². The van der Waals surface area contributed by atoms with E-state index in [4.69, 9.17) is 13.7 Å². The number of hydrogen-bond donors (Lipinski definition) is 0. The maximum Gasteiger partial charge on any atom is 0.293 e. The van der Waals surface area contributed by atoms with E-state index in [9.17, 15) is 8.42 Å². The molecule has 1 aliphatic heterocycles. The van der Waals surface area contributed by atoms with Gasteiger partial charge in [0.2, 0.25) is 0 Å². The molecule has 2 aliphatic carbocycles. The molecule has 0 radical (unpaired) electrons. The lowest BCUT2D eigenvalue weighted by Gasteiger charge is -2.34. The molecule has 3 aliphatic rings. The van der Waals surface area contributed by atoms with Gasteiger partial charge in [0, 0.05) is 12.3 Å². The van der Waals surface area contributed by atoms with Crippen LogP contribution in [0.15, 0.2) is 46.9 Å². The predicted molar refractivity (Wildman–Crippen MR) is 91.6 cm³/mol. The summed E-state index contributed by atoms with van der Waals surface area (Å²) in [5, 5.41) is 0. The molecule has 0 amide bonds. The van der Waals surface area contributed by atoms with E-state index in [0.717, 1.165) is 12.8 Å². The fourth-order valence-electron chi connectivity index (χ4n) is 3.22. The third-order valence-electron chi connectivity index (χ3n) is 4.65. The van der Waals surface area contributed by atoms with Gasteiger partial charge in [-0.15, -0.1) is 0 Å². The third-order valence-corrected chi connectivity index (χ3v) is 6.11. The predicted octanol–water partition coefficient (Wildman–Crippen LogP) is 3.22. The van der Waals surface area contributed by atoms with Gasteiger partial charge in [-0.25, -0.2) is 0 Å². The second-order valence-corrected chi connectivity index (χ2v) is 8.00. The van der Waals surface area contributed by atoms with Gasteiger partial charge in [0.05, 0.1) is 24.7 Å². The van der Waals surface area contributed by atoms with Crippen molar-refractivity contribution in [1.29, 1.82) is 0 Å². The largest absolute Gasteiger partial charge is 0.347 e. The Morgan fingerprint density at radius 3 is 2.62 bits per heavy atom. The first-order valence-electron chi connectivity index (χ1n) is 8.39. The Hall–Kier alpha value is -1.21. The van der Waals surface area contributed by atoms with Gasteiger partial charge in [0.15, 0.2) is 5.79 Å². The molecular weight excluding hydrogens is 328 g/mol. The van der Waals surface area contributed by atoms with Crippen molar-refractivity contribution in [3.05, 3.63) is 46.9 Å². The Labute approximate surface area is 143 Å². The van der Waals surface area contributed by atoms with Gasteiger partial charge in [-0.1, -0.05) is 36.0 Å². The van der Waals surface area contributed by atoms with Gasteiger partial charge >= 0.3 is 0 Å². The van der Waals surface area contributed by atoms with Crippen LogP contribution < -0.4 is 0 Å². The van der Waals surface area contributed by atoms with Crippen LogP contribution in [0.5, 0.6) is 0 Å². The van der Waals surface area contributed by atoms with Crippen LogP contribution in [0.25, 0.3) is 0 Å². The molecule has 0 bridgehead atoms. The Kier molecular flexibility index (Phi) is 5.39. The van der Waals surface area contributed by atoms with Crippen molar-refractivity contribution in [3.8, 4) is 0 Å². The number of rotatable bonds is 6. The van der Waals surface area contributed by atoms with Gasteiger partial charge in [-0.2, -0.15) is 8.42 Å². The van der Waals surface area contributed by atoms with Crippen LogP contribution in [0.3, 0.4) is 0 Å². The van der Waals surface area contributed by atoms with E-state index in [-0.39, 0.29) is 12.5 Å². The van der Waals surface area contributed by atoms with Gasteiger partial charge in [0.1, 0.15) is 0 Å². The molecule has 1 atom stereocenters. The number of ether oxygens (including phenoxy) is 2. The van der Waals surface area contributed by atoms with E-state index in [1.54, 1.807) is 6.08 Å². The van der Waals surface area contributed by atoms with Crippen LogP contribution in [0.2, 0.25) is 0 Å². The van der Waals surface area contributed by atoms with E-state index in [1.165, 1.54) is 5.57 Å². The summed E-state index contributed by atoms with van der Waals surface area (Å²) in [6.07, 6.45) is 14.0. The molecule has 0 N–H and O–H groups in total. The molecule has 0 spiro atoms. The highest BCUT2D eigenvalue weighted by Crippen LogP contribution is 2.36. The minimum atomic E-state index is -3.68. The van der Waals surface area contributed by atoms with E-state index >= 15 is 0 Å². The highest BCUT2D eigenvalue weighted by Gasteiger charge is 2.43. The standard InChI is InChI=1S/C18H24O5S/c1-15-7-9-17(10-8-15)24(19,20)23-12-11-18(21-13-14-22-18)16-5-3-2-4-6-16/h2-5,7,9,16H,6,8,10-14H2,1H3/t16-/m1/s1. The molecule has 3 rings (SSSR count). The summed E-state index contributed by atoms with van der Waals surface area (Å²) < 4.78 is 41.6. The minimum absolute atomic E-state index is 0.0520. The van der Waals surface area contributed by atoms with Gasteiger partial charge in [-0.05, 0) is 32.3 Å². The van der Waals surface area contributed by atoms with Crippen LogP contribution in [0.1, 0.15) is 32.6 Å². The zero-order valence-electron chi connectivity index (χ0n) is 13.9. The van der Waals surface area contributed by atoms with Crippen LogP contribution in [0, 0.1) is 5.92 Å². The lowest BCUT2D eigenvalue weighted by molar-refractivity contribution is -0.191. The van der Waals surface area contributed by atoms with Crippen LogP contribution in [-0.4, -0.2) is 34.0 Å². The molecule has 1 heterocycles. The molecule has 24 heavy (non-hydrogen) atoms. The normalized spacial score (nSPS) is 26.3. The average molecular weight is 352 g/mol. The third kappa shape index (κ3) is 3.88.